The first-order valence-electron chi connectivity index (χ1n) is 3.81. The van der Waals surface area contributed by atoms with Crippen LogP contribution in [-0.2, 0) is 4.18 Å². The standard InChI is InChI=1S/C8H10F6OS/c1-4-16(3,5-2)15-6(7(9,10)11)8(12,13)14/h4-6H,1-2H2,3H3. The topological polar surface area (TPSA) is 9.23 Å². The van der Waals surface area contributed by atoms with Crippen molar-refractivity contribution in [2.75, 3.05) is 6.26 Å². The molecule has 0 unspecified atom stereocenters. The first-order chi connectivity index (χ1) is 6.96. The molecule has 0 radical (unpaired) electrons. The molecule has 0 aliphatic carbocycles. The molecule has 0 aliphatic rings. The van der Waals surface area contributed by atoms with E-state index in [4.69, 9.17) is 0 Å². The first-order valence-corrected chi connectivity index (χ1v) is 5.90. The molecule has 8 heteroatoms. The van der Waals surface area contributed by atoms with Crippen LogP contribution in [0.4, 0.5) is 26.3 Å². The number of hydrogen-bond acceptors (Lipinski definition) is 1. The van der Waals surface area contributed by atoms with Crippen LogP contribution in [0.25, 0.3) is 0 Å². The molecule has 0 aromatic heterocycles. The monoisotopic (exact) mass is 268 g/mol. The molecule has 0 N–H and O–H groups in total. The Morgan fingerprint density at radius 1 is 1.00 bits per heavy atom. The zero-order valence-electron chi connectivity index (χ0n) is 8.23. The predicted molar refractivity (Wildman–Crippen MR) is 50.9 cm³/mol. The minimum Gasteiger partial charge on any atom is -0.307 e. The fourth-order valence-corrected chi connectivity index (χ4v) is 1.57. The maximum atomic E-state index is 12.1. The van der Waals surface area contributed by atoms with Crippen LogP contribution in [0.1, 0.15) is 0 Å². The Morgan fingerprint density at radius 2 is 1.31 bits per heavy atom. The van der Waals surface area contributed by atoms with Crippen LogP contribution in [0, 0.1) is 0 Å². The molecular formula is C8H10F6OS. The maximum Gasteiger partial charge on any atom is 0.424 e. The third kappa shape index (κ3) is 4.09. The summed E-state index contributed by atoms with van der Waals surface area (Å²) in [5.41, 5.74) is 0. The molecule has 1 nitrogen and oxygen atoms in total. The van der Waals surface area contributed by atoms with Crippen molar-refractivity contribution in [2.45, 2.75) is 18.5 Å². The zero-order valence-corrected chi connectivity index (χ0v) is 9.05. The van der Waals surface area contributed by atoms with Crippen molar-refractivity contribution in [1.82, 2.24) is 0 Å². The normalized spacial score (nSPS) is 15.0. The summed E-state index contributed by atoms with van der Waals surface area (Å²) in [6, 6.07) is 0. The zero-order chi connectivity index (χ0) is 13.2. The first kappa shape index (κ1) is 15.4. The molecular weight excluding hydrogens is 258 g/mol. The van der Waals surface area contributed by atoms with Crippen LogP contribution in [0.5, 0.6) is 0 Å². The summed E-state index contributed by atoms with van der Waals surface area (Å²) >= 11 is 0. The van der Waals surface area contributed by atoms with Gasteiger partial charge in [0.1, 0.15) is 0 Å². The lowest BCUT2D eigenvalue weighted by atomic mass is 10.3. The van der Waals surface area contributed by atoms with Crippen molar-refractivity contribution in [3.63, 3.8) is 0 Å². The summed E-state index contributed by atoms with van der Waals surface area (Å²) in [6.07, 6.45) is -13.8. The molecule has 0 aromatic carbocycles. The van der Waals surface area contributed by atoms with E-state index < -0.39 is 28.8 Å². The summed E-state index contributed by atoms with van der Waals surface area (Å²) in [5.74, 6) is 0. The van der Waals surface area contributed by atoms with Crippen molar-refractivity contribution in [3.8, 4) is 0 Å². The van der Waals surface area contributed by atoms with Crippen molar-refractivity contribution in [1.29, 1.82) is 0 Å². The van der Waals surface area contributed by atoms with E-state index in [0.717, 1.165) is 17.1 Å². The predicted octanol–water partition coefficient (Wildman–Crippen LogP) is 4.13. The SMILES string of the molecule is C=CS(C)(C=C)OC(C(F)(F)F)C(F)(F)F. The van der Waals surface area contributed by atoms with Gasteiger partial charge >= 0.3 is 12.4 Å². The quantitative estimate of drug-likeness (QED) is 0.696. The largest absolute Gasteiger partial charge is 0.424 e. The highest BCUT2D eigenvalue weighted by atomic mass is 32.3. The van der Waals surface area contributed by atoms with E-state index in [0.29, 0.717) is 0 Å². The van der Waals surface area contributed by atoms with Crippen LogP contribution in [0.2, 0.25) is 0 Å². The van der Waals surface area contributed by atoms with Crippen LogP contribution < -0.4 is 0 Å². The van der Waals surface area contributed by atoms with Gasteiger partial charge in [0, 0.05) is 0 Å². The number of hydrogen-bond donors (Lipinski definition) is 0. The van der Waals surface area contributed by atoms with Gasteiger partial charge in [-0.2, -0.15) is 26.3 Å². The van der Waals surface area contributed by atoms with E-state index in [1.54, 1.807) is 0 Å². The molecule has 0 rings (SSSR count). The Bertz CT molecular complexity index is 247. The smallest absolute Gasteiger partial charge is 0.307 e. The van der Waals surface area contributed by atoms with Crippen LogP contribution in [-0.4, -0.2) is 24.7 Å². The van der Waals surface area contributed by atoms with E-state index >= 15 is 0 Å². The van der Waals surface area contributed by atoms with Gasteiger partial charge < -0.3 is 4.18 Å². The number of rotatable bonds is 4. The van der Waals surface area contributed by atoms with E-state index in [-0.39, 0.29) is 0 Å². The second-order valence-corrected chi connectivity index (χ2v) is 5.65. The van der Waals surface area contributed by atoms with Gasteiger partial charge in [0.15, 0.2) is 0 Å². The average Bonchev–Trinajstić information content (AvgIpc) is 2.10. The molecule has 0 fully saturated rings. The summed E-state index contributed by atoms with van der Waals surface area (Å²) < 4.78 is 76.8. The highest BCUT2D eigenvalue weighted by molar-refractivity contribution is 8.34. The minimum atomic E-state index is -5.52. The molecule has 16 heavy (non-hydrogen) atoms. The molecule has 0 aromatic rings. The molecule has 0 saturated carbocycles. The van der Waals surface area contributed by atoms with E-state index in [2.05, 4.69) is 17.3 Å². The van der Waals surface area contributed by atoms with Gasteiger partial charge in [-0.1, -0.05) is 23.5 Å². The van der Waals surface area contributed by atoms with Gasteiger partial charge in [0.25, 0.3) is 6.10 Å². The summed E-state index contributed by atoms with van der Waals surface area (Å²) in [5, 5.41) is 1.79. The Kier molecular flexibility index (Phi) is 4.52. The van der Waals surface area contributed by atoms with Crippen molar-refractivity contribution < 1.29 is 30.5 Å². The minimum absolute atomic E-state index is 0.893. The molecule has 0 atom stereocenters. The van der Waals surface area contributed by atoms with Gasteiger partial charge in [-0.15, -0.1) is 0 Å². The highest BCUT2D eigenvalue weighted by Crippen LogP contribution is 2.53. The maximum absolute atomic E-state index is 12.1. The van der Waals surface area contributed by atoms with E-state index in [9.17, 15) is 26.3 Å². The average molecular weight is 268 g/mol. The third-order valence-corrected chi connectivity index (χ3v) is 3.49. The van der Waals surface area contributed by atoms with Crippen molar-refractivity contribution in [3.05, 3.63) is 24.0 Å². The van der Waals surface area contributed by atoms with Crippen LogP contribution in [0.3, 0.4) is 0 Å². The lowest BCUT2D eigenvalue weighted by molar-refractivity contribution is -0.297. The van der Waals surface area contributed by atoms with Gasteiger partial charge in [0.05, 0.1) is 0 Å². The Morgan fingerprint density at radius 3 is 1.50 bits per heavy atom. The Hall–Kier alpha value is -0.630. The Labute approximate surface area is 90.3 Å². The molecule has 0 saturated heterocycles. The fraction of sp³-hybridized carbons (Fsp3) is 0.500. The van der Waals surface area contributed by atoms with Crippen LogP contribution in [0.15, 0.2) is 24.0 Å². The van der Waals surface area contributed by atoms with Gasteiger partial charge in [0.2, 0.25) is 0 Å². The van der Waals surface area contributed by atoms with E-state index in [1.165, 1.54) is 0 Å². The summed E-state index contributed by atoms with van der Waals surface area (Å²) in [6.45, 7) is 6.25. The van der Waals surface area contributed by atoms with Gasteiger partial charge in [-0.3, -0.25) is 0 Å². The second-order valence-electron chi connectivity index (χ2n) is 2.86. The summed E-state index contributed by atoms with van der Waals surface area (Å²) in [7, 11) is -2.79. The number of halogens is 6. The third-order valence-electron chi connectivity index (χ3n) is 1.56. The molecule has 96 valence electrons. The Balaban J connectivity index is 5.11. The van der Waals surface area contributed by atoms with Gasteiger partial charge in [-0.05, 0) is 17.1 Å². The highest BCUT2D eigenvalue weighted by Gasteiger charge is 2.59. The van der Waals surface area contributed by atoms with E-state index in [1.807, 2.05) is 0 Å². The fourth-order valence-electron chi connectivity index (χ4n) is 0.649. The number of alkyl halides is 6. The van der Waals surface area contributed by atoms with Crippen molar-refractivity contribution in [2.24, 2.45) is 0 Å². The molecule has 0 spiro atoms. The molecule has 0 bridgehead atoms. The molecule has 0 heterocycles. The summed E-state index contributed by atoms with van der Waals surface area (Å²) in [4.78, 5) is 0. The van der Waals surface area contributed by atoms with Crippen molar-refractivity contribution >= 4 is 10.3 Å². The second kappa shape index (κ2) is 4.70. The van der Waals surface area contributed by atoms with Crippen LogP contribution >= 0.6 is 10.3 Å². The lowest BCUT2D eigenvalue weighted by Gasteiger charge is -2.34. The molecule has 0 aliphatic heterocycles. The molecule has 0 amide bonds. The lowest BCUT2D eigenvalue weighted by Crippen LogP contribution is -2.44. The van der Waals surface area contributed by atoms with Gasteiger partial charge in [-0.25, -0.2) is 0 Å².